The molecule has 14 heteroatoms. The maximum Gasteiger partial charge on any atom is 0.390 e. The number of hydrogen-bond acceptors (Lipinski definition) is 8. The zero-order chi connectivity index (χ0) is 27.3. The smallest absolute Gasteiger partial charge is 0.381 e. The second-order valence-corrected chi connectivity index (χ2v) is 11.6. The van der Waals surface area contributed by atoms with Gasteiger partial charge >= 0.3 is 6.18 Å². The number of anilines is 2. The summed E-state index contributed by atoms with van der Waals surface area (Å²) in [6, 6.07) is 5.95. The van der Waals surface area contributed by atoms with E-state index in [1.165, 1.54) is 35.7 Å². The number of hydrogen-bond donors (Lipinski definition) is 2. The number of nitrogens with zero attached hydrogens (tertiary/aromatic N) is 3. The number of thiazole rings is 1. The van der Waals surface area contributed by atoms with Crippen LogP contribution < -0.4 is 10.0 Å². The third-order valence-electron chi connectivity index (χ3n) is 5.79. The molecule has 0 saturated carbocycles. The first kappa shape index (κ1) is 28.2. The van der Waals surface area contributed by atoms with Crippen molar-refractivity contribution in [3.05, 3.63) is 41.3 Å². The molecule has 8 nitrogen and oxygen atoms in total. The number of aromatic nitrogens is 3. The monoisotopic (exact) mass is 573 g/mol. The summed E-state index contributed by atoms with van der Waals surface area (Å²) in [5, 5.41) is 3.32. The maximum absolute atomic E-state index is 15.7. The molecule has 2 aromatic heterocycles. The Bertz CT molecular complexity index is 1360. The lowest BCUT2D eigenvalue weighted by Gasteiger charge is -2.19. The Morgan fingerprint density at radius 2 is 1.92 bits per heavy atom. The van der Waals surface area contributed by atoms with E-state index in [0.29, 0.717) is 30.2 Å². The first-order valence-electron chi connectivity index (χ1n) is 12.1. The van der Waals surface area contributed by atoms with E-state index in [-0.39, 0.29) is 34.6 Å². The summed E-state index contributed by atoms with van der Waals surface area (Å²) in [6.45, 7) is 2.45. The normalized spacial score (nSPS) is 15.0. The van der Waals surface area contributed by atoms with Crippen molar-refractivity contribution in [1.82, 2.24) is 15.0 Å². The van der Waals surface area contributed by atoms with Crippen molar-refractivity contribution >= 4 is 33.0 Å². The second kappa shape index (κ2) is 11.9. The molecule has 38 heavy (non-hydrogen) atoms. The molecular formula is C24H27F4N5O3S2. The summed E-state index contributed by atoms with van der Waals surface area (Å²) in [5.74, 6) is -0.853. The minimum Gasteiger partial charge on any atom is -0.381 e. The number of halogens is 4. The molecule has 206 valence electrons. The first-order valence-corrected chi connectivity index (χ1v) is 14.5. The quantitative estimate of drug-likeness (QED) is 0.295. The predicted octanol–water partition coefficient (Wildman–Crippen LogP) is 5.82. The van der Waals surface area contributed by atoms with Gasteiger partial charge in [0, 0.05) is 37.4 Å². The van der Waals surface area contributed by atoms with Crippen LogP contribution in [0.5, 0.6) is 0 Å². The van der Waals surface area contributed by atoms with E-state index in [1.807, 2.05) is 0 Å². The lowest BCUT2D eigenvalue weighted by molar-refractivity contribution is -0.131. The first-order chi connectivity index (χ1) is 18.1. The summed E-state index contributed by atoms with van der Waals surface area (Å²) in [4.78, 5) is 13.6. The van der Waals surface area contributed by atoms with E-state index < -0.39 is 35.0 Å². The van der Waals surface area contributed by atoms with Crippen LogP contribution in [0, 0.1) is 5.82 Å². The van der Waals surface area contributed by atoms with E-state index in [2.05, 4.69) is 20.0 Å². The lowest BCUT2D eigenvalue weighted by Crippen LogP contribution is -2.17. The topological polar surface area (TPSA) is 106 Å². The van der Waals surface area contributed by atoms with Crippen molar-refractivity contribution in [3.8, 4) is 21.8 Å². The molecule has 1 aromatic carbocycles. The largest absolute Gasteiger partial charge is 0.390 e. The van der Waals surface area contributed by atoms with Crippen LogP contribution in [0.4, 0.5) is 29.2 Å². The van der Waals surface area contributed by atoms with Crippen LogP contribution in [0.15, 0.2) is 30.5 Å². The lowest BCUT2D eigenvalue weighted by atomic mass is 10.0. The van der Waals surface area contributed by atoms with Crippen molar-refractivity contribution in [3.63, 3.8) is 0 Å². The molecule has 0 unspecified atom stereocenters. The van der Waals surface area contributed by atoms with E-state index in [1.54, 1.807) is 13.0 Å². The number of sulfonamides is 1. The summed E-state index contributed by atoms with van der Waals surface area (Å²) in [5.41, 5.74) is 0.512. The molecule has 0 spiro atoms. The Morgan fingerprint density at radius 1 is 1.16 bits per heavy atom. The van der Waals surface area contributed by atoms with E-state index >= 15 is 4.39 Å². The van der Waals surface area contributed by atoms with Crippen LogP contribution in [-0.2, 0) is 14.8 Å². The van der Waals surface area contributed by atoms with E-state index in [4.69, 9.17) is 9.72 Å². The summed E-state index contributed by atoms with van der Waals surface area (Å²) in [6.07, 6.45) is -2.13. The SMILES string of the molecule is CCCS(=O)(=O)Nc1cccc(-c2nc(C3CCOCC3)sc2-c2ccnc(NCCC(F)(F)F)n2)c1F. The summed E-state index contributed by atoms with van der Waals surface area (Å²) >= 11 is 1.32. The molecule has 1 saturated heterocycles. The minimum absolute atomic E-state index is 0.000245. The average molecular weight is 574 g/mol. The van der Waals surface area contributed by atoms with Gasteiger partial charge in [0.2, 0.25) is 16.0 Å². The van der Waals surface area contributed by atoms with Gasteiger partial charge in [-0.1, -0.05) is 13.0 Å². The van der Waals surface area contributed by atoms with Gasteiger partial charge in [-0.2, -0.15) is 13.2 Å². The number of rotatable bonds is 10. The average Bonchev–Trinajstić information content (AvgIpc) is 3.30. The molecule has 0 aliphatic carbocycles. The van der Waals surface area contributed by atoms with Crippen molar-refractivity contribution in [2.24, 2.45) is 0 Å². The van der Waals surface area contributed by atoms with Crippen molar-refractivity contribution in [1.29, 1.82) is 0 Å². The molecule has 3 heterocycles. The van der Waals surface area contributed by atoms with Crippen LogP contribution in [0.25, 0.3) is 21.8 Å². The third kappa shape index (κ3) is 7.17. The zero-order valence-corrected chi connectivity index (χ0v) is 22.1. The molecule has 0 atom stereocenters. The Balaban J connectivity index is 1.74. The van der Waals surface area contributed by atoms with E-state index in [0.717, 1.165) is 17.8 Å². The molecule has 0 amide bonds. The third-order valence-corrected chi connectivity index (χ3v) is 8.50. The van der Waals surface area contributed by atoms with Crippen molar-refractivity contribution in [2.45, 2.75) is 44.7 Å². The second-order valence-electron chi connectivity index (χ2n) is 8.76. The van der Waals surface area contributed by atoms with Gasteiger partial charge < -0.3 is 10.1 Å². The van der Waals surface area contributed by atoms with Gasteiger partial charge in [-0.25, -0.2) is 27.8 Å². The highest BCUT2D eigenvalue weighted by Gasteiger charge is 2.28. The van der Waals surface area contributed by atoms with Gasteiger partial charge in [0.05, 0.1) is 39.1 Å². The van der Waals surface area contributed by atoms with Gasteiger partial charge in [0.1, 0.15) is 0 Å². The van der Waals surface area contributed by atoms with Gasteiger partial charge in [0.15, 0.2) is 5.82 Å². The molecule has 1 aliphatic rings. The fraction of sp³-hybridized carbons (Fsp3) is 0.458. The highest BCUT2D eigenvalue weighted by molar-refractivity contribution is 7.92. The van der Waals surface area contributed by atoms with E-state index in [9.17, 15) is 21.6 Å². The van der Waals surface area contributed by atoms with Gasteiger partial charge in [-0.15, -0.1) is 11.3 Å². The highest BCUT2D eigenvalue weighted by atomic mass is 32.2. The minimum atomic E-state index is -4.32. The van der Waals surface area contributed by atoms with Crippen LogP contribution in [0.3, 0.4) is 0 Å². The van der Waals surface area contributed by atoms with Crippen LogP contribution in [-0.4, -0.2) is 55.1 Å². The number of ether oxygens (including phenoxy) is 1. The summed E-state index contributed by atoms with van der Waals surface area (Å²) in [7, 11) is -3.74. The Labute approximate surface area is 221 Å². The number of benzene rings is 1. The molecule has 4 rings (SSSR count). The van der Waals surface area contributed by atoms with Crippen molar-refractivity contribution in [2.75, 3.05) is 35.6 Å². The van der Waals surface area contributed by atoms with Gasteiger partial charge in [-0.05, 0) is 37.5 Å². The number of alkyl halides is 3. The van der Waals surface area contributed by atoms with Crippen molar-refractivity contribution < 1.29 is 30.7 Å². The molecular weight excluding hydrogens is 546 g/mol. The molecule has 0 bridgehead atoms. The predicted molar refractivity (Wildman–Crippen MR) is 138 cm³/mol. The molecule has 0 radical (unpaired) electrons. The summed E-state index contributed by atoms with van der Waals surface area (Å²) < 4.78 is 85.7. The maximum atomic E-state index is 15.7. The van der Waals surface area contributed by atoms with Gasteiger partial charge in [-0.3, -0.25) is 4.72 Å². The Morgan fingerprint density at radius 3 is 2.63 bits per heavy atom. The van der Waals surface area contributed by atoms with Crippen LogP contribution in [0.2, 0.25) is 0 Å². The molecule has 1 fully saturated rings. The zero-order valence-electron chi connectivity index (χ0n) is 20.5. The highest BCUT2D eigenvalue weighted by Crippen LogP contribution is 2.42. The molecule has 2 N–H and O–H groups in total. The fourth-order valence-electron chi connectivity index (χ4n) is 3.98. The van der Waals surface area contributed by atoms with Gasteiger partial charge in [0.25, 0.3) is 0 Å². The standard InChI is InChI=1S/C24H27F4N5O3S2/c1-2-14-38(34,35)33-17-5-3-4-16(19(17)25)20-21(37-22(32-20)15-7-12-36-13-8-15)18-6-10-29-23(31-18)30-11-9-24(26,27)28/h3-6,10,15,33H,2,7-9,11-14H2,1H3,(H,29,30,31). The Hall–Kier alpha value is -2.84. The van der Waals surface area contributed by atoms with Crippen LogP contribution >= 0.6 is 11.3 Å². The Kier molecular flexibility index (Phi) is 8.83. The molecule has 3 aromatic rings. The van der Waals surface area contributed by atoms with Crippen LogP contribution in [0.1, 0.15) is 43.5 Å². The fourth-order valence-corrected chi connectivity index (χ4v) is 6.33. The molecule has 1 aliphatic heterocycles. The number of nitrogens with one attached hydrogen (secondary N) is 2.